The summed E-state index contributed by atoms with van der Waals surface area (Å²) in [4.78, 5) is 26.7. The van der Waals surface area contributed by atoms with Crippen LogP contribution in [-0.2, 0) is 0 Å². The molecule has 0 bridgehead atoms. The molecule has 0 saturated heterocycles. The molecule has 0 fully saturated rings. The second-order valence-corrected chi connectivity index (χ2v) is 11.3. The maximum atomic E-state index is 12.4. The molecule has 196 valence electrons. The lowest BCUT2D eigenvalue weighted by Gasteiger charge is -2.04. The largest absolute Gasteiger partial charge is 0.354 e. The number of aromatic nitrogens is 4. The summed E-state index contributed by atoms with van der Waals surface area (Å²) in [5.41, 5.74) is 11.4. The zero-order chi connectivity index (χ0) is 27.5. The quantitative estimate of drug-likeness (QED) is 0.162. The van der Waals surface area contributed by atoms with Gasteiger partial charge in [0.25, 0.3) is 0 Å². The van der Waals surface area contributed by atoms with Crippen LogP contribution in [0.3, 0.4) is 0 Å². The molecule has 0 unspecified atom stereocenters. The lowest BCUT2D eigenvalue weighted by atomic mass is 9.99. The summed E-state index contributed by atoms with van der Waals surface area (Å²) < 4.78 is 0. The van der Waals surface area contributed by atoms with Crippen molar-refractivity contribution in [1.82, 2.24) is 19.9 Å². The van der Waals surface area contributed by atoms with Gasteiger partial charge in [0.1, 0.15) is 0 Å². The number of rotatable bonds is 2. The van der Waals surface area contributed by atoms with Crippen LogP contribution in [-0.4, -0.2) is 26.2 Å². The Labute approximate surface area is 237 Å². The van der Waals surface area contributed by atoms with Crippen molar-refractivity contribution in [3.8, 4) is 11.1 Å². The van der Waals surface area contributed by atoms with E-state index in [1.54, 1.807) is 0 Å². The Bertz CT molecular complexity index is 2770. The summed E-state index contributed by atoms with van der Waals surface area (Å²) in [5.74, 6) is 0. The molecule has 4 heterocycles. The summed E-state index contributed by atoms with van der Waals surface area (Å²) in [5, 5.41) is 9.05. The van der Waals surface area contributed by atoms with Gasteiger partial charge in [0.2, 0.25) is 0 Å². The summed E-state index contributed by atoms with van der Waals surface area (Å²) in [7, 11) is 0. The van der Waals surface area contributed by atoms with Crippen molar-refractivity contribution in [3.05, 3.63) is 109 Å². The Morgan fingerprint density at radius 2 is 0.905 bits per heavy atom. The van der Waals surface area contributed by atoms with Crippen molar-refractivity contribution in [1.29, 1.82) is 0 Å². The Hall–Kier alpha value is -5.81. The molecule has 0 aliphatic carbocycles. The van der Waals surface area contributed by atoms with Gasteiger partial charge < -0.3 is 19.9 Å². The van der Waals surface area contributed by atoms with E-state index in [9.17, 15) is 4.79 Å². The van der Waals surface area contributed by atoms with Gasteiger partial charge >= 0.3 is 0 Å². The topological polar surface area (TPSA) is 80.2 Å². The fourth-order valence-corrected chi connectivity index (χ4v) is 7.13. The third kappa shape index (κ3) is 2.79. The Balaban J connectivity index is 1.19. The third-order valence-corrected chi connectivity index (χ3v) is 9.08. The average molecular weight is 539 g/mol. The minimum absolute atomic E-state index is 0.696. The first kappa shape index (κ1) is 21.9. The summed E-state index contributed by atoms with van der Waals surface area (Å²) in [6.45, 7) is 0. The fourth-order valence-electron chi connectivity index (χ4n) is 7.13. The normalized spacial score (nSPS) is 12.4. The van der Waals surface area contributed by atoms with Crippen LogP contribution in [0.2, 0.25) is 0 Å². The number of aldehydes is 1. The maximum absolute atomic E-state index is 12.4. The highest BCUT2D eigenvalue weighted by atomic mass is 16.1. The van der Waals surface area contributed by atoms with E-state index in [2.05, 4.69) is 111 Å². The minimum atomic E-state index is 0.696. The molecule has 0 amide bonds. The van der Waals surface area contributed by atoms with Crippen molar-refractivity contribution in [2.75, 3.05) is 0 Å². The maximum Gasteiger partial charge on any atom is 0.152 e. The Kier molecular flexibility index (Phi) is 4.01. The molecule has 5 heteroatoms. The van der Waals surface area contributed by atoms with E-state index in [-0.39, 0.29) is 0 Å². The van der Waals surface area contributed by atoms with Crippen molar-refractivity contribution < 1.29 is 4.79 Å². The van der Waals surface area contributed by atoms with E-state index in [1.807, 2.05) is 12.1 Å². The van der Waals surface area contributed by atoms with Crippen LogP contribution in [0.1, 0.15) is 10.4 Å². The number of H-pyrrole nitrogens is 4. The van der Waals surface area contributed by atoms with Gasteiger partial charge in [-0.05, 0) is 65.7 Å². The van der Waals surface area contributed by atoms with Crippen LogP contribution in [0.5, 0.6) is 0 Å². The molecular weight excluding hydrogens is 516 g/mol. The first-order valence-corrected chi connectivity index (χ1v) is 14.1. The van der Waals surface area contributed by atoms with E-state index in [0.717, 1.165) is 83.1 Å². The number of aromatic amines is 4. The van der Waals surface area contributed by atoms with Crippen molar-refractivity contribution in [2.45, 2.75) is 0 Å². The number of hydrogen-bond acceptors (Lipinski definition) is 1. The van der Waals surface area contributed by atoms with Gasteiger partial charge in [-0.25, -0.2) is 0 Å². The smallest absolute Gasteiger partial charge is 0.152 e. The van der Waals surface area contributed by atoms with Crippen LogP contribution in [0.15, 0.2) is 103 Å². The van der Waals surface area contributed by atoms with Gasteiger partial charge in [-0.2, -0.15) is 0 Å². The monoisotopic (exact) mass is 538 g/mol. The number of benzene rings is 6. The molecule has 0 atom stereocenters. The first-order chi connectivity index (χ1) is 20.7. The predicted molar refractivity (Wildman–Crippen MR) is 175 cm³/mol. The lowest BCUT2D eigenvalue weighted by molar-refractivity contribution is 0.112. The molecule has 10 rings (SSSR count). The molecule has 6 aromatic carbocycles. The van der Waals surface area contributed by atoms with Crippen LogP contribution in [0, 0.1) is 0 Å². The van der Waals surface area contributed by atoms with Gasteiger partial charge in [0.05, 0.1) is 5.52 Å². The minimum Gasteiger partial charge on any atom is -0.354 e. The number of carbonyl (C=O) groups is 1. The second-order valence-electron chi connectivity index (χ2n) is 11.3. The number of carbonyl (C=O) groups excluding carboxylic acids is 1. The van der Waals surface area contributed by atoms with Crippen molar-refractivity contribution >= 4 is 93.5 Å². The molecule has 5 nitrogen and oxygen atoms in total. The molecule has 4 aromatic heterocycles. The van der Waals surface area contributed by atoms with E-state index in [0.29, 0.717) is 5.56 Å². The molecule has 4 N–H and O–H groups in total. The Morgan fingerprint density at radius 1 is 0.405 bits per heavy atom. The van der Waals surface area contributed by atoms with Crippen LogP contribution in [0.4, 0.5) is 0 Å². The van der Waals surface area contributed by atoms with Gasteiger partial charge in [0.15, 0.2) is 6.29 Å². The SMILES string of the molecule is O=Cc1c2[nH]c3ccc(-c4ccc5[nH]c6cc7c(cc6c5c4)[nH]c4ccccc47)cc3c2cc2[nH]c3ccccc3c12. The fraction of sp³-hybridized carbons (Fsp3) is 0. The molecule has 42 heavy (non-hydrogen) atoms. The molecule has 0 spiro atoms. The zero-order valence-corrected chi connectivity index (χ0v) is 22.3. The average Bonchev–Trinajstić information content (AvgIpc) is 3.78. The highest BCUT2D eigenvalue weighted by Crippen LogP contribution is 2.39. The lowest BCUT2D eigenvalue weighted by Crippen LogP contribution is -1.85. The van der Waals surface area contributed by atoms with E-state index >= 15 is 0 Å². The third-order valence-electron chi connectivity index (χ3n) is 9.08. The Morgan fingerprint density at radius 3 is 1.62 bits per heavy atom. The van der Waals surface area contributed by atoms with Gasteiger partial charge in [-0.3, -0.25) is 4.79 Å². The number of fused-ring (bicyclic) bond motifs is 12. The van der Waals surface area contributed by atoms with Crippen LogP contribution in [0.25, 0.3) is 98.4 Å². The van der Waals surface area contributed by atoms with E-state index in [1.165, 1.54) is 21.5 Å². The summed E-state index contributed by atoms with van der Waals surface area (Å²) in [6, 6.07) is 36.5. The molecule has 0 saturated carbocycles. The standard InChI is InChI=1S/C37H22N4O/c42-18-28-36-22-6-2-4-8-30(22)40-35(36)17-27-24-14-20(10-12-32(24)41-37(27)28)19-9-11-31-23(13-19)26-16-33-25(15-34(26)39-31)21-5-1-3-7-29(21)38-33/h1-18,38-41H. The number of hydrogen-bond donors (Lipinski definition) is 4. The van der Waals surface area contributed by atoms with Crippen molar-refractivity contribution in [3.63, 3.8) is 0 Å². The zero-order valence-electron chi connectivity index (χ0n) is 22.3. The number of nitrogens with one attached hydrogen (secondary N) is 4. The van der Waals surface area contributed by atoms with Gasteiger partial charge in [-0.1, -0.05) is 48.5 Å². The van der Waals surface area contributed by atoms with Crippen LogP contribution < -0.4 is 0 Å². The summed E-state index contributed by atoms with van der Waals surface area (Å²) in [6.07, 6.45) is 0.982. The van der Waals surface area contributed by atoms with Gasteiger partial charge in [-0.15, -0.1) is 0 Å². The highest BCUT2D eigenvalue weighted by Gasteiger charge is 2.17. The summed E-state index contributed by atoms with van der Waals surface area (Å²) >= 11 is 0. The molecular formula is C37H22N4O. The molecule has 0 radical (unpaired) electrons. The highest BCUT2D eigenvalue weighted by molar-refractivity contribution is 6.25. The number of para-hydroxylation sites is 2. The molecule has 0 aliphatic heterocycles. The van der Waals surface area contributed by atoms with E-state index < -0.39 is 0 Å². The predicted octanol–water partition coefficient (Wildman–Crippen LogP) is 9.70. The van der Waals surface area contributed by atoms with Crippen molar-refractivity contribution in [2.24, 2.45) is 0 Å². The molecule has 0 aliphatic rings. The second kappa shape index (κ2) is 7.68. The first-order valence-electron chi connectivity index (χ1n) is 14.1. The van der Waals surface area contributed by atoms with E-state index in [4.69, 9.17) is 0 Å². The molecule has 10 aromatic rings. The van der Waals surface area contributed by atoms with Crippen LogP contribution >= 0.6 is 0 Å². The van der Waals surface area contributed by atoms with Gasteiger partial charge in [0, 0.05) is 87.3 Å².